The number of para-hydroxylation sites is 1. The van der Waals surface area contributed by atoms with Crippen molar-refractivity contribution in [3.8, 4) is 22.3 Å². The van der Waals surface area contributed by atoms with E-state index >= 15 is 0 Å². The van der Waals surface area contributed by atoms with Gasteiger partial charge in [-0.2, -0.15) is 0 Å². The minimum absolute atomic E-state index is 0.108. The molecule has 0 saturated heterocycles. The highest BCUT2D eigenvalue weighted by Crippen LogP contribution is 2.57. The molecule has 0 bridgehead atoms. The highest BCUT2D eigenvalue weighted by molar-refractivity contribution is 6.19. The van der Waals surface area contributed by atoms with E-state index in [9.17, 15) is 0 Å². The van der Waals surface area contributed by atoms with E-state index in [-0.39, 0.29) is 10.8 Å². The van der Waals surface area contributed by atoms with Crippen molar-refractivity contribution in [3.63, 3.8) is 0 Å². The molecule has 0 unspecified atom stereocenters. The predicted molar refractivity (Wildman–Crippen MR) is 219 cm³/mol. The van der Waals surface area contributed by atoms with Gasteiger partial charge in [-0.05, 0) is 67.7 Å². The first-order chi connectivity index (χ1) is 25.3. The quantitative estimate of drug-likeness (QED) is 0.174. The van der Waals surface area contributed by atoms with Crippen LogP contribution in [0.2, 0.25) is 0 Å². The van der Waals surface area contributed by atoms with Gasteiger partial charge >= 0.3 is 0 Å². The number of hydrogen-bond acceptors (Lipinski definition) is 2. The molecular formula is C50H37NO. The number of benzene rings is 8. The maximum atomic E-state index is 7.29. The van der Waals surface area contributed by atoms with Gasteiger partial charge in [0.25, 0.3) is 0 Å². The van der Waals surface area contributed by atoms with Crippen LogP contribution in [0.3, 0.4) is 0 Å². The number of furan rings is 1. The van der Waals surface area contributed by atoms with Crippen LogP contribution >= 0.6 is 0 Å². The zero-order valence-electron chi connectivity index (χ0n) is 29.8. The molecule has 0 amide bonds. The fourth-order valence-electron chi connectivity index (χ4n) is 9.73. The molecule has 0 fully saturated rings. The topological polar surface area (TPSA) is 16.4 Å². The van der Waals surface area contributed by atoms with Crippen molar-refractivity contribution in [1.82, 2.24) is 0 Å². The first-order valence-electron chi connectivity index (χ1n) is 18.4. The Morgan fingerprint density at radius 2 is 0.923 bits per heavy atom. The van der Waals surface area contributed by atoms with E-state index in [4.69, 9.17) is 4.42 Å². The Bertz CT molecular complexity index is 2980. The van der Waals surface area contributed by atoms with Gasteiger partial charge in [0.1, 0.15) is 5.58 Å². The maximum Gasteiger partial charge on any atom is 0.159 e. The lowest BCUT2D eigenvalue weighted by Gasteiger charge is -2.30. The van der Waals surface area contributed by atoms with Gasteiger partial charge < -0.3 is 9.32 Å². The van der Waals surface area contributed by atoms with E-state index in [1.54, 1.807) is 0 Å². The fourth-order valence-corrected chi connectivity index (χ4v) is 9.73. The normalized spacial score (nSPS) is 14.8. The van der Waals surface area contributed by atoms with Crippen molar-refractivity contribution in [2.75, 3.05) is 4.90 Å². The summed E-state index contributed by atoms with van der Waals surface area (Å²) >= 11 is 0. The highest BCUT2D eigenvalue weighted by Gasteiger charge is 2.40. The molecular weight excluding hydrogens is 631 g/mol. The Morgan fingerprint density at radius 3 is 1.69 bits per heavy atom. The van der Waals surface area contributed by atoms with Gasteiger partial charge in [0.2, 0.25) is 0 Å². The lowest BCUT2D eigenvalue weighted by molar-refractivity contribution is 0.653. The second kappa shape index (κ2) is 10.2. The number of anilines is 3. The van der Waals surface area contributed by atoms with Crippen LogP contribution in [0.5, 0.6) is 0 Å². The molecule has 9 aromatic rings. The molecule has 1 aromatic heterocycles. The summed E-state index contributed by atoms with van der Waals surface area (Å²) in [6.45, 7) is 9.38. The second-order valence-electron chi connectivity index (χ2n) is 15.7. The van der Waals surface area contributed by atoms with E-state index in [1.807, 2.05) is 0 Å². The molecule has 2 aliphatic rings. The first kappa shape index (κ1) is 29.6. The predicted octanol–water partition coefficient (Wildman–Crippen LogP) is 14.0. The third-order valence-corrected chi connectivity index (χ3v) is 12.2. The molecule has 0 N–H and O–H groups in total. The monoisotopic (exact) mass is 667 g/mol. The van der Waals surface area contributed by atoms with Crippen molar-refractivity contribution in [2.45, 2.75) is 38.5 Å². The van der Waals surface area contributed by atoms with E-state index in [0.717, 1.165) is 39.0 Å². The van der Waals surface area contributed by atoms with Crippen molar-refractivity contribution in [3.05, 3.63) is 174 Å². The molecule has 52 heavy (non-hydrogen) atoms. The Kier molecular flexibility index (Phi) is 5.83. The third-order valence-electron chi connectivity index (χ3n) is 12.2. The van der Waals surface area contributed by atoms with Gasteiger partial charge in [0.05, 0.1) is 17.1 Å². The van der Waals surface area contributed by atoms with Crippen molar-refractivity contribution in [2.24, 2.45) is 0 Å². The summed E-state index contributed by atoms with van der Waals surface area (Å²) in [6.07, 6.45) is 0. The molecule has 2 aliphatic carbocycles. The van der Waals surface area contributed by atoms with Gasteiger partial charge in [-0.25, -0.2) is 0 Å². The summed E-state index contributed by atoms with van der Waals surface area (Å²) in [5.74, 6) is 0. The summed E-state index contributed by atoms with van der Waals surface area (Å²) < 4.78 is 7.29. The van der Waals surface area contributed by atoms with E-state index in [1.165, 1.54) is 66.1 Å². The molecule has 0 spiro atoms. The number of fused-ring (bicyclic) bond motifs is 13. The fraction of sp³-hybridized carbons (Fsp3) is 0.120. The first-order valence-corrected chi connectivity index (χ1v) is 18.4. The van der Waals surface area contributed by atoms with Crippen LogP contribution < -0.4 is 4.90 Å². The largest absolute Gasteiger partial charge is 0.453 e. The van der Waals surface area contributed by atoms with Crippen molar-refractivity contribution < 1.29 is 4.42 Å². The highest BCUT2D eigenvalue weighted by atomic mass is 16.3. The Balaban J connectivity index is 1.28. The van der Waals surface area contributed by atoms with Crippen LogP contribution in [-0.2, 0) is 10.8 Å². The average molecular weight is 668 g/mol. The number of rotatable bonds is 3. The minimum Gasteiger partial charge on any atom is -0.453 e. The van der Waals surface area contributed by atoms with Crippen molar-refractivity contribution in [1.29, 1.82) is 0 Å². The smallest absolute Gasteiger partial charge is 0.159 e. The van der Waals surface area contributed by atoms with Crippen LogP contribution in [0.15, 0.2) is 156 Å². The average Bonchev–Trinajstić information content (AvgIpc) is 3.76. The Hall–Kier alpha value is -6.12. The summed E-state index contributed by atoms with van der Waals surface area (Å²) in [5.41, 5.74) is 15.4. The molecule has 2 nitrogen and oxygen atoms in total. The number of nitrogens with zero attached hydrogens (tertiary/aromatic N) is 1. The van der Waals surface area contributed by atoms with Gasteiger partial charge in [-0.1, -0.05) is 161 Å². The molecule has 2 heteroatoms. The van der Waals surface area contributed by atoms with Gasteiger partial charge in [0.15, 0.2) is 5.58 Å². The molecule has 8 aromatic carbocycles. The molecule has 0 aliphatic heterocycles. The lowest BCUT2D eigenvalue weighted by Crippen LogP contribution is -2.16. The standard InChI is InChI=1S/C50H37NO/c1-49(2)38-22-11-9-19-36(38)45-40(49)24-14-25-42(45)51(44-29-30-15-5-6-16-31(30)32-17-7-8-18-33(32)44)43-26-13-21-34-35-27-28-41-46(48(35)52-47(34)43)37-20-10-12-23-39(37)50(41,3)4/h5-29H,1-4H3. The van der Waals surface area contributed by atoms with Crippen LogP contribution in [0.4, 0.5) is 17.1 Å². The molecule has 248 valence electrons. The Labute approximate surface area is 303 Å². The van der Waals surface area contributed by atoms with Crippen LogP contribution in [0, 0.1) is 0 Å². The zero-order chi connectivity index (χ0) is 34.9. The van der Waals surface area contributed by atoms with Crippen molar-refractivity contribution >= 4 is 60.5 Å². The summed E-state index contributed by atoms with van der Waals surface area (Å²) in [4.78, 5) is 2.49. The SMILES string of the molecule is CC1(C)c2ccccc2-c2c(N(c3cc4ccccc4c4ccccc34)c3cccc4c3oc3c5c(ccc34)C(C)(C)c3ccccc3-5)cccc21. The molecule has 0 saturated carbocycles. The molecule has 1 heterocycles. The molecule has 0 atom stereocenters. The van der Waals surface area contributed by atoms with Crippen LogP contribution in [0.25, 0.3) is 65.7 Å². The van der Waals surface area contributed by atoms with E-state index in [0.29, 0.717) is 0 Å². The second-order valence-corrected chi connectivity index (χ2v) is 15.7. The Morgan fingerprint density at radius 1 is 0.385 bits per heavy atom. The number of hydrogen-bond donors (Lipinski definition) is 0. The van der Waals surface area contributed by atoms with Gasteiger partial charge in [-0.15, -0.1) is 0 Å². The summed E-state index contributed by atoms with van der Waals surface area (Å²) in [6, 6.07) is 55.9. The van der Waals surface area contributed by atoms with Crippen LogP contribution in [0.1, 0.15) is 49.9 Å². The van der Waals surface area contributed by atoms with E-state index < -0.39 is 0 Å². The summed E-state index contributed by atoms with van der Waals surface area (Å²) in [5, 5.41) is 7.18. The lowest BCUT2D eigenvalue weighted by atomic mass is 9.82. The van der Waals surface area contributed by atoms with Gasteiger partial charge in [0, 0.05) is 38.1 Å². The molecule has 11 rings (SSSR count). The third kappa shape index (κ3) is 3.74. The zero-order valence-corrected chi connectivity index (χ0v) is 29.8. The minimum atomic E-state index is -0.134. The van der Waals surface area contributed by atoms with Crippen LogP contribution in [-0.4, -0.2) is 0 Å². The van der Waals surface area contributed by atoms with E-state index in [2.05, 4.69) is 184 Å². The van der Waals surface area contributed by atoms with Gasteiger partial charge in [-0.3, -0.25) is 0 Å². The maximum absolute atomic E-state index is 7.29. The summed E-state index contributed by atoms with van der Waals surface area (Å²) in [7, 11) is 0. The molecule has 0 radical (unpaired) electrons.